The van der Waals surface area contributed by atoms with Gasteiger partial charge in [-0.2, -0.15) is 0 Å². The van der Waals surface area contributed by atoms with Crippen LogP contribution in [0.2, 0.25) is 5.02 Å². The molecule has 168 valence electrons. The molecule has 1 heterocycles. The molecule has 0 spiro atoms. The topological polar surface area (TPSA) is 119 Å². The van der Waals surface area contributed by atoms with Gasteiger partial charge in [0, 0.05) is 24.5 Å². The van der Waals surface area contributed by atoms with Crippen LogP contribution in [0.25, 0.3) is 0 Å². The van der Waals surface area contributed by atoms with E-state index in [1.54, 1.807) is 31.2 Å². The fourth-order valence-electron chi connectivity index (χ4n) is 3.52. The van der Waals surface area contributed by atoms with Gasteiger partial charge in [-0.3, -0.25) is 19.6 Å². The molecule has 10 heteroatoms. The third-order valence-electron chi connectivity index (χ3n) is 5.19. The zero-order chi connectivity index (χ0) is 23.3. The SMILES string of the molecule is CC(C(=O)NCCC(=O)NO)C1C(=O)N(c2ccc(Cl)cc2)C(=O)N1Cc1ccccc1. The molecule has 3 rings (SSSR count). The predicted octanol–water partition coefficient (Wildman–Crippen LogP) is 2.33. The number of anilines is 1. The Labute approximate surface area is 189 Å². The van der Waals surface area contributed by atoms with E-state index in [0.717, 1.165) is 10.5 Å². The van der Waals surface area contributed by atoms with Crippen molar-refractivity contribution in [2.75, 3.05) is 11.4 Å². The van der Waals surface area contributed by atoms with Gasteiger partial charge in [-0.05, 0) is 29.8 Å². The van der Waals surface area contributed by atoms with Crippen LogP contribution in [0.4, 0.5) is 10.5 Å². The van der Waals surface area contributed by atoms with Gasteiger partial charge < -0.3 is 10.2 Å². The van der Waals surface area contributed by atoms with Gasteiger partial charge in [-0.1, -0.05) is 48.9 Å². The van der Waals surface area contributed by atoms with Gasteiger partial charge in [0.25, 0.3) is 5.91 Å². The van der Waals surface area contributed by atoms with Crippen molar-refractivity contribution in [2.45, 2.75) is 25.9 Å². The fourth-order valence-corrected chi connectivity index (χ4v) is 3.65. The second-order valence-electron chi connectivity index (χ2n) is 7.36. The molecule has 32 heavy (non-hydrogen) atoms. The van der Waals surface area contributed by atoms with E-state index in [0.29, 0.717) is 10.7 Å². The highest BCUT2D eigenvalue weighted by Crippen LogP contribution is 2.31. The summed E-state index contributed by atoms with van der Waals surface area (Å²) in [6.45, 7) is 1.68. The number of hydrogen-bond donors (Lipinski definition) is 3. The minimum atomic E-state index is -1.04. The summed E-state index contributed by atoms with van der Waals surface area (Å²) in [6, 6.07) is 13.9. The Kier molecular flexibility index (Phi) is 7.45. The number of rotatable bonds is 8. The number of nitrogens with zero attached hydrogens (tertiary/aromatic N) is 2. The molecule has 9 nitrogen and oxygen atoms in total. The summed E-state index contributed by atoms with van der Waals surface area (Å²) < 4.78 is 0. The number of nitrogens with one attached hydrogen (secondary N) is 2. The maximum absolute atomic E-state index is 13.3. The molecule has 0 aliphatic carbocycles. The Morgan fingerprint density at radius 3 is 2.38 bits per heavy atom. The lowest BCUT2D eigenvalue weighted by Crippen LogP contribution is -2.46. The number of carbonyl (C=O) groups is 4. The van der Waals surface area contributed by atoms with Crippen LogP contribution in [0.5, 0.6) is 0 Å². The van der Waals surface area contributed by atoms with E-state index in [1.807, 2.05) is 30.3 Å². The lowest BCUT2D eigenvalue weighted by Gasteiger charge is -2.26. The Bertz CT molecular complexity index is 999. The molecule has 5 amide bonds. The molecule has 0 saturated carbocycles. The first kappa shape index (κ1) is 23.2. The number of halogens is 1. The van der Waals surface area contributed by atoms with Crippen molar-refractivity contribution in [3.05, 3.63) is 65.2 Å². The van der Waals surface area contributed by atoms with Gasteiger partial charge in [-0.15, -0.1) is 0 Å². The number of hydroxylamine groups is 1. The molecule has 3 N–H and O–H groups in total. The molecule has 1 fully saturated rings. The van der Waals surface area contributed by atoms with Crippen molar-refractivity contribution >= 4 is 41.0 Å². The van der Waals surface area contributed by atoms with Gasteiger partial charge in [0.2, 0.25) is 11.8 Å². The molecule has 0 radical (unpaired) electrons. The first-order valence-corrected chi connectivity index (χ1v) is 10.4. The number of hydrogen-bond acceptors (Lipinski definition) is 5. The third kappa shape index (κ3) is 5.06. The van der Waals surface area contributed by atoms with Crippen LogP contribution in [0.15, 0.2) is 54.6 Å². The van der Waals surface area contributed by atoms with Gasteiger partial charge >= 0.3 is 6.03 Å². The van der Waals surface area contributed by atoms with Crippen LogP contribution >= 0.6 is 11.6 Å². The highest BCUT2D eigenvalue weighted by atomic mass is 35.5. The number of imide groups is 1. The molecule has 1 aliphatic heterocycles. The summed E-state index contributed by atoms with van der Waals surface area (Å²) in [6.07, 6.45) is -0.128. The van der Waals surface area contributed by atoms with Gasteiger partial charge in [0.05, 0.1) is 11.6 Å². The minimum Gasteiger partial charge on any atom is -0.355 e. The second kappa shape index (κ2) is 10.3. The lowest BCUT2D eigenvalue weighted by atomic mass is 9.99. The highest BCUT2D eigenvalue weighted by molar-refractivity contribution is 6.30. The quantitative estimate of drug-likeness (QED) is 0.318. The zero-order valence-electron chi connectivity index (χ0n) is 17.3. The molecule has 0 bridgehead atoms. The van der Waals surface area contributed by atoms with Crippen LogP contribution < -0.4 is 15.7 Å². The maximum Gasteiger partial charge on any atom is 0.332 e. The van der Waals surface area contributed by atoms with Gasteiger partial charge in [-0.25, -0.2) is 15.2 Å². The molecular weight excluding hydrogens is 436 g/mol. The monoisotopic (exact) mass is 458 g/mol. The molecule has 1 saturated heterocycles. The van der Waals surface area contributed by atoms with Gasteiger partial charge in [0.1, 0.15) is 6.04 Å². The summed E-state index contributed by atoms with van der Waals surface area (Å²) in [5.74, 6) is -2.55. The average Bonchev–Trinajstić information content (AvgIpc) is 3.03. The number of benzene rings is 2. The summed E-state index contributed by atoms with van der Waals surface area (Å²) in [5.41, 5.74) is 2.65. The Balaban J connectivity index is 1.86. The molecule has 2 aromatic carbocycles. The summed E-state index contributed by atoms with van der Waals surface area (Å²) >= 11 is 5.93. The van der Waals surface area contributed by atoms with Crippen molar-refractivity contribution in [1.82, 2.24) is 15.7 Å². The summed E-state index contributed by atoms with van der Waals surface area (Å²) in [5, 5.41) is 11.6. The fraction of sp³-hybridized carbons (Fsp3) is 0.273. The van der Waals surface area contributed by atoms with Gasteiger partial charge in [0.15, 0.2) is 0 Å². The van der Waals surface area contributed by atoms with Crippen LogP contribution in [0.3, 0.4) is 0 Å². The van der Waals surface area contributed by atoms with E-state index in [-0.39, 0.29) is 19.5 Å². The first-order valence-electron chi connectivity index (χ1n) is 9.98. The van der Waals surface area contributed by atoms with Crippen molar-refractivity contribution in [1.29, 1.82) is 0 Å². The predicted molar refractivity (Wildman–Crippen MR) is 117 cm³/mol. The van der Waals surface area contributed by atoms with E-state index in [9.17, 15) is 19.2 Å². The molecule has 2 aromatic rings. The number of urea groups is 1. The maximum atomic E-state index is 13.3. The van der Waals surface area contributed by atoms with E-state index in [1.165, 1.54) is 10.4 Å². The van der Waals surface area contributed by atoms with Crippen molar-refractivity contribution < 1.29 is 24.4 Å². The zero-order valence-corrected chi connectivity index (χ0v) is 18.1. The van der Waals surface area contributed by atoms with Crippen LogP contribution in [-0.2, 0) is 20.9 Å². The van der Waals surface area contributed by atoms with E-state index in [4.69, 9.17) is 16.8 Å². The van der Waals surface area contributed by atoms with Crippen molar-refractivity contribution in [2.24, 2.45) is 5.92 Å². The van der Waals surface area contributed by atoms with E-state index < -0.39 is 35.7 Å². The number of carbonyl (C=O) groups excluding carboxylic acids is 4. The molecule has 1 aliphatic rings. The summed E-state index contributed by atoms with van der Waals surface area (Å²) in [7, 11) is 0. The van der Waals surface area contributed by atoms with Crippen LogP contribution in [0.1, 0.15) is 18.9 Å². The minimum absolute atomic E-state index is 0.0238. The Hall–Kier alpha value is -3.43. The van der Waals surface area contributed by atoms with Crippen molar-refractivity contribution in [3.63, 3.8) is 0 Å². The first-order chi connectivity index (χ1) is 15.3. The Morgan fingerprint density at radius 1 is 1.09 bits per heavy atom. The average molecular weight is 459 g/mol. The highest BCUT2D eigenvalue weighted by Gasteiger charge is 2.49. The van der Waals surface area contributed by atoms with E-state index >= 15 is 0 Å². The molecular formula is C22H23ClN4O5. The summed E-state index contributed by atoms with van der Waals surface area (Å²) in [4.78, 5) is 52.9. The molecule has 2 atom stereocenters. The normalized spacial score (nSPS) is 16.8. The standard InChI is InChI=1S/C22H23ClN4O5/c1-14(20(29)24-12-11-18(28)25-32)19-21(30)27(17-9-7-16(23)8-10-17)22(31)26(19)13-15-5-3-2-4-6-15/h2-10,14,19,32H,11-13H2,1H3,(H,24,29)(H,25,28). The smallest absolute Gasteiger partial charge is 0.332 e. The van der Waals surface area contributed by atoms with Crippen molar-refractivity contribution in [3.8, 4) is 0 Å². The largest absolute Gasteiger partial charge is 0.355 e. The molecule has 0 aromatic heterocycles. The van der Waals surface area contributed by atoms with E-state index in [2.05, 4.69) is 5.32 Å². The number of amides is 5. The lowest BCUT2D eigenvalue weighted by molar-refractivity contribution is -0.132. The second-order valence-corrected chi connectivity index (χ2v) is 7.79. The van der Waals surface area contributed by atoms with Crippen LogP contribution in [-0.4, -0.2) is 46.4 Å². The Morgan fingerprint density at radius 2 is 1.75 bits per heavy atom. The molecule has 2 unspecified atom stereocenters. The van der Waals surface area contributed by atoms with Crippen LogP contribution in [0, 0.1) is 5.92 Å². The third-order valence-corrected chi connectivity index (χ3v) is 5.44.